The van der Waals surface area contributed by atoms with Gasteiger partial charge >= 0.3 is 0 Å². The second kappa shape index (κ2) is 8.47. The third-order valence-corrected chi connectivity index (χ3v) is 4.22. The first kappa shape index (κ1) is 18.6. The van der Waals surface area contributed by atoms with Gasteiger partial charge < -0.3 is 4.74 Å². The van der Waals surface area contributed by atoms with Crippen LogP contribution in [-0.2, 0) is 0 Å². The number of halogens is 1. The third kappa shape index (κ3) is 4.71. The molecule has 27 heavy (non-hydrogen) atoms. The Morgan fingerprint density at radius 2 is 1.78 bits per heavy atom. The summed E-state index contributed by atoms with van der Waals surface area (Å²) >= 11 is 5.91. The van der Waals surface area contributed by atoms with Crippen molar-refractivity contribution in [1.82, 2.24) is 10.4 Å². The van der Waals surface area contributed by atoms with Crippen LogP contribution in [0.15, 0.2) is 65.8 Å². The van der Waals surface area contributed by atoms with E-state index in [9.17, 15) is 4.79 Å². The summed E-state index contributed by atoms with van der Waals surface area (Å²) in [5.74, 6) is 0.450. The second-order valence-electron chi connectivity index (χ2n) is 5.81. The molecular weight excluding hydrogens is 362 g/mol. The van der Waals surface area contributed by atoms with Crippen molar-refractivity contribution in [3.63, 3.8) is 0 Å². The maximum absolute atomic E-state index is 12.3. The molecule has 0 aliphatic heterocycles. The van der Waals surface area contributed by atoms with Crippen LogP contribution in [0.4, 0.5) is 0 Å². The molecule has 1 heterocycles. The number of hydrogen-bond acceptors (Lipinski definition) is 4. The number of aromatic nitrogens is 1. The zero-order valence-corrected chi connectivity index (χ0v) is 15.7. The van der Waals surface area contributed by atoms with Gasteiger partial charge in [0.1, 0.15) is 5.75 Å². The van der Waals surface area contributed by atoms with Gasteiger partial charge in [0.15, 0.2) is 0 Å². The molecule has 3 aromatic rings. The minimum Gasteiger partial charge on any atom is -0.497 e. The topological polar surface area (TPSA) is 63.6 Å². The molecule has 5 nitrogen and oxygen atoms in total. The average molecular weight is 380 g/mol. The molecule has 1 amide bonds. The standard InChI is InChI=1S/C21H18ClN3O2/c1-14-19(11-12-20(24-14)16-5-7-17(22)8-6-16)21(26)25-23-13-15-3-9-18(27-2)10-4-15/h3-13H,1-2H3,(H,25,26)/b23-13+. The monoisotopic (exact) mass is 379 g/mol. The van der Waals surface area contributed by atoms with Crippen LogP contribution < -0.4 is 10.2 Å². The minimum absolute atomic E-state index is 0.313. The van der Waals surface area contributed by atoms with Crippen LogP contribution in [-0.4, -0.2) is 24.2 Å². The van der Waals surface area contributed by atoms with Gasteiger partial charge in [-0.25, -0.2) is 5.43 Å². The summed E-state index contributed by atoms with van der Waals surface area (Å²) in [4.78, 5) is 16.9. The molecule has 0 aliphatic carbocycles. The normalized spacial score (nSPS) is 10.8. The van der Waals surface area contributed by atoms with Crippen LogP contribution >= 0.6 is 11.6 Å². The summed E-state index contributed by atoms with van der Waals surface area (Å²) in [5.41, 5.74) is 6.19. The largest absolute Gasteiger partial charge is 0.497 e. The molecule has 136 valence electrons. The number of methoxy groups -OCH3 is 1. The van der Waals surface area contributed by atoms with Crippen molar-refractivity contribution in [3.8, 4) is 17.0 Å². The minimum atomic E-state index is -0.313. The van der Waals surface area contributed by atoms with Crippen LogP contribution in [0.1, 0.15) is 21.6 Å². The fourth-order valence-corrected chi connectivity index (χ4v) is 2.62. The Hall–Kier alpha value is -3.18. The van der Waals surface area contributed by atoms with Crippen molar-refractivity contribution in [2.45, 2.75) is 6.92 Å². The van der Waals surface area contributed by atoms with E-state index < -0.39 is 0 Å². The predicted molar refractivity (Wildman–Crippen MR) is 107 cm³/mol. The first-order chi connectivity index (χ1) is 13.1. The summed E-state index contributed by atoms with van der Waals surface area (Å²) < 4.78 is 5.10. The number of nitrogens with one attached hydrogen (secondary N) is 1. The van der Waals surface area contributed by atoms with E-state index in [2.05, 4.69) is 15.5 Å². The lowest BCUT2D eigenvalue weighted by Crippen LogP contribution is -2.19. The number of benzene rings is 2. The van der Waals surface area contributed by atoms with Gasteiger partial charge in [-0.1, -0.05) is 23.7 Å². The Labute approximate surface area is 162 Å². The number of amides is 1. The molecule has 0 bridgehead atoms. The second-order valence-corrected chi connectivity index (χ2v) is 6.25. The Bertz CT molecular complexity index is 968. The molecule has 0 saturated carbocycles. The molecular formula is C21H18ClN3O2. The number of hydrazone groups is 1. The number of aryl methyl sites for hydroxylation is 1. The highest BCUT2D eigenvalue weighted by atomic mass is 35.5. The van der Waals surface area contributed by atoms with Crippen LogP contribution in [0, 0.1) is 6.92 Å². The Morgan fingerprint density at radius 3 is 2.41 bits per heavy atom. The van der Waals surface area contributed by atoms with Crippen molar-refractivity contribution >= 4 is 23.7 Å². The van der Waals surface area contributed by atoms with Crippen molar-refractivity contribution in [2.75, 3.05) is 7.11 Å². The number of nitrogens with zero attached hydrogens (tertiary/aromatic N) is 2. The van der Waals surface area contributed by atoms with Crippen molar-refractivity contribution in [2.24, 2.45) is 5.10 Å². The molecule has 0 saturated heterocycles. The summed E-state index contributed by atoms with van der Waals surface area (Å²) in [6.45, 7) is 1.79. The first-order valence-corrected chi connectivity index (χ1v) is 8.65. The first-order valence-electron chi connectivity index (χ1n) is 8.28. The number of carbonyl (C=O) groups is 1. The van der Waals surface area contributed by atoms with E-state index in [1.165, 1.54) is 0 Å². The molecule has 1 aromatic heterocycles. The molecule has 3 rings (SSSR count). The van der Waals surface area contributed by atoms with E-state index in [0.29, 0.717) is 16.3 Å². The maximum Gasteiger partial charge on any atom is 0.273 e. The summed E-state index contributed by atoms with van der Waals surface area (Å²) in [6, 6.07) is 18.3. The summed E-state index contributed by atoms with van der Waals surface area (Å²) in [5, 5.41) is 4.66. The molecule has 0 aliphatic rings. The third-order valence-electron chi connectivity index (χ3n) is 3.97. The van der Waals surface area contributed by atoms with Crippen molar-refractivity contribution < 1.29 is 9.53 Å². The Kier molecular flexibility index (Phi) is 5.84. The number of hydrogen-bond donors (Lipinski definition) is 1. The molecule has 0 fully saturated rings. The average Bonchev–Trinajstić information content (AvgIpc) is 2.69. The smallest absolute Gasteiger partial charge is 0.273 e. The molecule has 6 heteroatoms. The van der Waals surface area contributed by atoms with E-state index in [0.717, 1.165) is 22.6 Å². The van der Waals surface area contributed by atoms with Crippen LogP contribution in [0.25, 0.3) is 11.3 Å². The zero-order valence-electron chi connectivity index (χ0n) is 14.9. The molecule has 0 atom stereocenters. The van der Waals surface area contributed by atoms with Crippen LogP contribution in [0.2, 0.25) is 5.02 Å². The van der Waals surface area contributed by atoms with Gasteiger partial charge in [0.2, 0.25) is 0 Å². The van der Waals surface area contributed by atoms with Gasteiger partial charge in [0.25, 0.3) is 5.91 Å². The lowest BCUT2D eigenvalue weighted by atomic mass is 10.1. The highest BCUT2D eigenvalue weighted by Crippen LogP contribution is 2.21. The number of pyridine rings is 1. The van der Waals surface area contributed by atoms with Gasteiger partial charge in [-0.05, 0) is 61.0 Å². The fourth-order valence-electron chi connectivity index (χ4n) is 2.50. The van der Waals surface area contributed by atoms with Crippen molar-refractivity contribution in [3.05, 3.63) is 82.5 Å². The Morgan fingerprint density at radius 1 is 1.07 bits per heavy atom. The number of carbonyl (C=O) groups excluding carboxylic acids is 1. The van der Waals surface area contributed by atoms with E-state index >= 15 is 0 Å². The van der Waals surface area contributed by atoms with Crippen LogP contribution in [0.5, 0.6) is 5.75 Å². The highest BCUT2D eigenvalue weighted by molar-refractivity contribution is 6.30. The van der Waals surface area contributed by atoms with Crippen molar-refractivity contribution in [1.29, 1.82) is 0 Å². The maximum atomic E-state index is 12.3. The molecule has 0 unspecified atom stereocenters. The van der Waals surface area contributed by atoms with E-state index in [1.807, 2.05) is 48.5 Å². The van der Waals surface area contributed by atoms with Gasteiger partial charge in [-0.3, -0.25) is 9.78 Å². The number of ether oxygens (including phenoxy) is 1. The lowest BCUT2D eigenvalue weighted by molar-refractivity contribution is 0.0954. The van der Waals surface area contributed by atoms with E-state index in [-0.39, 0.29) is 5.91 Å². The van der Waals surface area contributed by atoms with Crippen LogP contribution in [0.3, 0.4) is 0 Å². The van der Waals surface area contributed by atoms with Gasteiger partial charge in [0.05, 0.1) is 30.3 Å². The predicted octanol–water partition coefficient (Wildman–Crippen LogP) is 4.48. The Balaban J connectivity index is 1.69. The SMILES string of the molecule is COc1ccc(/C=N/NC(=O)c2ccc(-c3ccc(Cl)cc3)nc2C)cc1. The van der Waals surface area contributed by atoms with Gasteiger partial charge in [-0.15, -0.1) is 0 Å². The summed E-state index contributed by atoms with van der Waals surface area (Å²) in [7, 11) is 1.61. The highest BCUT2D eigenvalue weighted by Gasteiger charge is 2.11. The summed E-state index contributed by atoms with van der Waals surface area (Å²) in [6.07, 6.45) is 1.57. The fraction of sp³-hybridized carbons (Fsp3) is 0.0952. The van der Waals surface area contributed by atoms with Gasteiger partial charge in [0, 0.05) is 10.6 Å². The van der Waals surface area contributed by atoms with E-state index in [1.54, 1.807) is 32.4 Å². The number of rotatable bonds is 5. The van der Waals surface area contributed by atoms with Gasteiger partial charge in [-0.2, -0.15) is 5.10 Å². The quantitative estimate of drug-likeness (QED) is 0.525. The van der Waals surface area contributed by atoms with E-state index in [4.69, 9.17) is 16.3 Å². The molecule has 1 N–H and O–H groups in total. The zero-order chi connectivity index (χ0) is 19.2. The lowest BCUT2D eigenvalue weighted by Gasteiger charge is -2.07. The molecule has 0 radical (unpaired) electrons. The molecule has 0 spiro atoms. The molecule has 2 aromatic carbocycles.